The molecule has 0 aliphatic heterocycles. The topological polar surface area (TPSA) is 35.2 Å². The van der Waals surface area contributed by atoms with Crippen LogP contribution in [0.5, 0.6) is 5.75 Å². The van der Waals surface area contributed by atoms with Gasteiger partial charge < -0.3 is 10.5 Å². The molecule has 0 saturated heterocycles. The molecule has 18 heavy (non-hydrogen) atoms. The molecule has 2 rings (SSSR count). The van der Waals surface area contributed by atoms with Crippen LogP contribution in [0.2, 0.25) is 0 Å². The number of ether oxygens (including phenoxy) is 1. The zero-order valence-electron chi connectivity index (χ0n) is 10.9. The molecule has 2 aromatic carbocycles. The second kappa shape index (κ2) is 5.58. The van der Waals surface area contributed by atoms with Crippen molar-refractivity contribution >= 4 is 5.69 Å². The SMILES string of the molecule is CCc1ccc(OC(C)c2ccccc2)c(N)c1. The first kappa shape index (κ1) is 12.5. The van der Waals surface area contributed by atoms with Crippen LogP contribution < -0.4 is 10.5 Å². The van der Waals surface area contributed by atoms with Crippen LogP contribution in [-0.2, 0) is 6.42 Å². The molecule has 2 N–H and O–H groups in total. The monoisotopic (exact) mass is 241 g/mol. The smallest absolute Gasteiger partial charge is 0.143 e. The summed E-state index contributed by atoms with van der Waals surface area (Å²) in [4.78, 5) is 0. The minimum atomic E-state index is 0.000904. The largest absolute Gasteiger partial charge is 0.484 e. The van der Waals surface area contributed by atoms with Gasteiger partial charge in [-0.3, -0.25) is 0 Å². The fraction of sp³-hybridized carbons (Fsp3) is 0.250. The highest BCUT2D eigenvalue weighted by atomic mass is 16.5. The standard InChI is InChI=1S/C16H19NO/c1-3-13-9-10-16(15(17)11-13)18-12(2)14-7-5-4-6-8-14/h4-12H,3,17H2,1-2H3. The van der Waals surface area contributed by atoms with Crippen molar-refractivity contribution in [2.24, 2.45) is 0 Å². The summed E-state index contributed by atoms with van der Waals surface area (Å²) in [5.74, 6) is 0.753. The number of nitrogens with two attached hydrogens (primary N) is 1. The van der Waals surface area contributed by atoms with E-state index in [1.165, 1.54) is 5.56 Å². The van der Waals surface area contributed by atoms with Crippen LogP contribution in [-0.4, -0.2) is 0 Å². The van der Waals surface area contributed by atoms with Crippen LogP contribution in [0.4, 0.5) is 5.69 Å². The predicted octanol–water partition coefficient (Wildman–Crippen LogP) is 3.97. The Morgan fingerprint density at radius 3 is 2.44 bits per heavy atom. The van der Waals surface area contributed by atoms with E-state index in [2.05, 4.69) is 25.1 Å². The van der Waals surface area contributed by atoms with Gasteiger partial charge in [0.2, 0.25) is 0 Å². The summed E-state index contributed by atoms with van der Waals surface area (Å²) in [7, 11) is 0. The molecule has 0 aliphatic rings. The molecule has 2 nitrogen and oxygen atoms in total. The van der Waals surface area contributed by atoms with E-state index in [1.807, 2.05) is 37.3 Å². The van der Waals surface area contributed by atoms with E-state index >= 15 is 0 Å². The Kier molecular flexibility index (Phi) is 3.88. The van der Waals surface area contributed by atoms with Crippen molar-refractivity contribution in [3.8, 4) is 5.75 Å². The molecule has 0 saturated carbocycles. The highest BCUT2D eigenvalue weighted by molar-refractivity contribution is 5.54. The summed E-state index contributed by atoms with van der Waals surface area (Å²) in [6, 6.07) is 16.1. The van der Waals surface area contributed by atoms with Crippen LogP contribution in [0, 0.1) is 0 Å². The van der Waals surface area contributed by atoms with Gasteiger partial charge >= 0.3 is 0 Å². The Balaban J connectivity index is 2.14. The molecule has 94 valence electrons. The Hall–Kier alpha value is -1.96. The zero-order chi connectivity index (χ0) is 13.0. The maximum atomic E-state index is 6.00. The average molecular weight is 241 g/mol. The first-order valence-electron chi connectivity index (χ1n) is 6.30. The van der Waals surface area contributed by atoms with Crippen LogP contribution in [0.15, 0.2) is 48.5 Å². The quantitative estimate of drug-likeness (QED) is 0.822. The maximum Gasteiger partial charge on any atom is 0.143 e. The third-order valence-electron chi connectivity index (χ3n) is 3.06. The molecule has 1 unspecified atom stereocenters. The summed E-state index contributed by atoms with van der Waals surface area (Å²) in [5, 5.41) is 0. The van der Waals surface area contributed by atoms with Gasteiger partial charge in [-0.25, -0.2) is 0 Å². The Morgan fingerprint density at radius 1 is 1.11 bits per heavy atom. The zero-order valence-corrected chi connectivity index (χ0v) is 10.9. The van der Waals surface area contributed by atoms with Gasteiger partial charge in [-0.05, 0) is 36.6 Å². The molecule has 0 aliphatic carbocycles. The van der Waals surface area contributed by atoms with Gasteiger partial charge in [0.05, 0.1) is 5.69 Å². The van der Waals surface area contributed by atoms with Gasteiger partial charge in [-0.2, -0.15) is 0 Å². The molecule has 0 amide bonds. The van der Waals surface area contributed by atoms with Crippen LogP contribution >= 0.6 is 0 Å². The van der Waals surface area contributed by atoms with Crippen LogP contribution in [0.3, 0.4) is 0 Å². The second-order valence-electron chi connectivity index (χ2n) is 4.40. The third-order valence-corrected chi connectivity index (χ3v) is 3.06. The predicted molar refractivity (Wildman–Crippen MR) is 75.7 cm³/mol. The maximum absolute atomic E-state index is 6.00. The fourth-order valence-corrected chi connectivity index (χ4v) is 1.91. The lowest BCUT2D eigenvalue weighted by atomic mass is 10.1. The molecule has 0 radical (unpaired) electrons. The van der Waals surface area contributed by atoms with Crippen molar-refractivity contribution in [1.29, 1.82) is 0 Å². The number of rotatable bonds is 4. The summed E-state index contributed by atoms with van der Waals surface area (Å²) in [6.07, 6.45) is 0.986. The molecular formula is C16H19NO. The van der Waals surface area contributed by atoms with E-state index in [1.54, 1.807) is 0 Å². The van der Waals surface area contributed by atoms with Crippen molar-refractivity contribution in [3.05, 3.63) is 59.7 Å². The first-order valence-corrected chi connectivity index (χ1v) is 6.30. The van der Waals surface area contributed by atoms with E-state index < -0.39 is 0 Å². The lowest BCUT2D eigenvalue weighted by molar-refractivity contribution is 0.228. The Labute approximate surface area is 108 Å². The molecule has 0 aromatic heterocycles. The van der Waals surface area contributed by atoms with Crippen LogP contribution in [0.1, 0.15) is 31.1 Å². The number of anilines is 1. The van der Waals surface area contributed by atoms with Crippen molar-refractivity contribution in [2.75, 3.05) is 5.73 Å². The number of hydrogen-bond donors (Lipinski definition) is 1. The molecule has 0 bridgehead atoms. The minimum absolute atomic E-state index is 0.000904. The Morgan fingerprint density at radius 2 is 1.83 bits per heavy atom. The van der Waals surface area contributed by atoms with Gasteiger partial charge in [0.15, 0.2) is 0 Å². The van der Waals surface area contributed by atoms with E-state index in [-0.39, 0.29) is 6.10 Å². The minimum Gasteiger partial charge on any atom is -0.484 e. The second-order valence-corrected chi connectivity index (χ2v) is 4.40. The molecular weight excluding hydrogens is 222 g/mol. The summed E-state index contributed by atoms with van der Waals surface area (Å²) < 4.78 is 5.91. The van der Waals surface area contributed by atoms with Crippen LogP contribution in [0.25, 0.3) is 0 Å². The molecule has 1 atom stereocenters. The Bertz CT molecular complexity index is 508. The van der Waals surface area contributed by atoms with E-state index in [0.29, 0.717) is 5.69 Å². The lowest BCUT2D eigenvalue weighted by Crippen LogP contribution is -2.05. The lowest BCUT2D eigenvalue weighted by Gasteiger charge is -2.17. The number of hydrogen-bond acceptors (Lipinski definition) is 2. The fourth-order valence-electron chi connectivity index (χ4n) is 1.91. The summed E-state index contributed by atoms with van der Waals surface area (Å²) in [5.41, 5.74) is 9.08. The highest BCUT2D eigenvalue weighted by Crippen LogP contribution is 2.28. The molecule has 0 heterocycles. The molecule has 0 spiro atoms. The first-order chi connectivity index (χ1) is 8.70. The van der Waals surface area contributed by atoms with E-state index in [9.17, 15) is 0 Å². The van der Waals surface area contributed by atoms with Crippen molar-refractivity contribution in [1.82, 2.24) is 0 Å². The molecule has 2 aromatic rings. The van der Waals surface area contributed by atoms with Gasteiger partial charge in [0, 0.05) is 0 Å². The summed E-state index contributed by atoms with van der Waals surface area (Å²) >= 11 is 0. The van der Waals surface area contributed by atoms with Crippen molar-refractivity contribution in [3.63, 3.8) is 0 Å². The normalized spacial score (nSPS) is 12.1. The van der Waals surface area contributed by atoms with Gasteiger partial charge in [0.1, 0.15) is 11.9 Å². The number of nitrogen functional groups attached to an aromatic ring is 1. The van der Waals surface area contributed by atoms with Gasteiger partial charge in [-0.15, -0.1) is 0 Å². The van der Waals surface area contributed by atoms with Crippen molar-refractivity contribution < 1.29 is 4.74 Å². The van der Waals surface area contributed by atoms with Crippen molar-refractivity contribution in [2.45, 2.75) is 26.4 Å². The molecule has 2 heteroatoms. The number of aryl methyl sites for hydroxylation is 1. The highest BCUT2D eigenvalue weighted by Gasteiger charge is 2.09. The third kappa shape index (κ3) is 2.83. The molecule has 0 fully saturated rings. The average Bonchev–Trinajstić information content (AvgIpc) is 2.42. The number of benzene rings is 2. The summed E-state index contributed by atoms with van der Waals surface area (Å²) in [6.45, 7) is 4.14. The van der Waals surface area contributed by atoms with Gasteiger partial charge in [0.25, 0.3) is 0 Å². The van der Waals surface area contributed by atoms with E-state index in [4.69, 9.17) is 10.5 Å². The van der Waals surface area contributed by atoms with E-state index in [0.717, 1.165) is 17.7 Å². The van der Waals surface area contributed by atoms with Gasteiger partial charge in [-0.1, -0.05) is 43.3 Å².